The quantitative estimate of drug-likeness (QED) is 0.856. The predicted octanol–water partition coefficient (Wildman–Crippen LogP) is 1.28. The summed E-state index contributed by atoms with van der Waals surface area (Å²) in [6.07, 6.45) is 0.119. The topological polar surface area (TPSA) is 50.4 Å². The first kappa shape index (κ1) is 12.9. The zero-order valence-corrected chi connectivity index (χ0v) is 9.71. The minimum absolute atomic E-state index is 0.117. The molecular formula is C12H14F2N2O2. The van der Waals surface area contributed by atoms with Crippen molar-refractivity contribution < 1.29 is 18.3 Å². The van der Waals surface area contributed by atoms with Crippen LogP contribution < -0.4 is 10.6 Å². The maximum Gasteiger partial charge on any atom is 0.226 e. The number of hydrogen-bond acceptors (Lipinski definition) is 3. The summed E-state index contributed by atoms with van der Waals surface area (Å²) in [6.45, 7) is 1.71. The van der Waals surface area contributed by atoms with Gasteiger partial charge in [0.25, 0.3) is 0 Å². The van der Waals surface area contributed by atoms with Gasteiger partial charge in [0.05, 0.1) is 13.2 Å². The van der Waals surface area contributed by atoms with Gasteiger partial charge in [0.15, 0.2) is 0 Å². The average molecular weight is 256 g/mol. The van der Waals surface area contributed by atoms with Gasteiger partial charge in [-0.3, -0.25) is 4.79 Å². The molecule has 1 aliphatic rings. The molecule has 18 heavy (non-hydrogen) atoms. The van der Waals surface area contributed by atoms with Crippen molar-refractivity contribution in [1.29, 1.82) is 0 Å². The third-order valence-electron chi connectivity index (χ3n) is 2.66. The van der Waals surface area contributed by atoms with Crippen molar-refractivity contribution in [1.82, 2.24) is 5.32 Å². The molecule has 0 saturated carbocycles. The van der Waals surface area contributed by atoms with Gasteiger partial charge in [-0.05, 0) is 12.1 Å². The number of nitrogens with one attached hydrogen (secondary N) is 2. The Morgan fingerprint density at radius 1 is 1.44 bits per heavy atom. The highest BCUT2D eigenvalue weighted by molar-refractivity contribution is 5.91. The van der Waals surface area contributed by atoms with Gasteiger partial charge in [-0.15, -0.1) is 0 Å². The Bertz CT molecular complexity index is 414. The van der Waals surface area contributed by atoms with Crippen molar-refractivity contribution in [2.24, 2.45) is 0 Å². The molecule has 4 nitrogen and oxygen atoms in total. The Balaban J connectivity index is 1.94. The van der Waals surface area contributed by atoms with Crippen molar-refractivity contribution in [2.45, 2.75) is 12.5 Å². The Morgan fingerprint density at radius 3 is 2.78 bits per heavy atom. The van der Waals surface area contributed by atoms with Crippen LogP contribution in [0.25, 0.3) is 0 Å². The summed E-state index contributed by atoms with van der Waals surface area (Å²) in [5.74, 6) is -2.01. The molecule has 0 aromatic heterocycles. The molecule has 1 aliphatic heterocycles. The first-order valence-electron chi connectivity index (χ1n) is 5.72. The van der Waals surface area contributed by atoms with Crippen molar-refractivity contribution >= 4 is 11.6 Å². The first-order valence-corrected chi connectivity index (χ1v) is 5.72. The molecule has 0 radical (unpaired) electrons. The van der Waals surface area contributed by atoms with E-state index in [1.165, 1.54) is 6.07 Å². The van der Waals surface area contributed by atoms with Crippen LogP contribution in [0.2, 0.25) is 0 Å². The number of rotatable bonds is 3. The van der Waals surface area contributed by atoms with E-state index in [4.69, 9.17) is 4.74 Å². The number of anilines is 1. The van der Waals surface area contributed by atoms with Gasteiger partial charge >= 0.3 is 0 Å². The van der Waals surface area contributed by atoms with Crippen LogP contribution in [0.15, 0.2) is 18.2 Å². The number of amides is 1. The number of morpholine rings is 1. The summed E-state index contributed by atoms with van der Waals surface area (Å²) in [7, 11) is 0. The summed E-state index contributed by atoms with van der Waals surface area (Å²) in [5, 5.41) is 5.33. The zero-order chi connectivity index (χ0) is 13.0. The maximum atomic E-state index is 13.3. The second-order valence-electron chi connectivity index (χ2n) is 4.07. The molecule has 2 N–H and O–H groups in total. The number of halogens is 2. The molecule has 1 unspecified atom stereocenters. The van der Waals surface area contributed by atoms with Gasteiger partial charge in [-0.25, -0.2) is 8.78 Å². The van der Waals surface area contributed by atoms with E-state index in [2.05, 4.69) is 10.6 Å². The molecule has 6 heteroatoms. The largest absolute Gasteiger partial charge is 0.378 e. The number of carbonyl (C=O) groups is 1. The second kappa shape index (κ2) is 5.88. The average Bonchev–Trinajstić information content (AvgIpc) is 2.35. The Hall–Kier alpha value is -1.53. The third kappa shape index (κ3) is 3.24. The highest BCUT2D eigenvalue weighted by Gasteiger charge is 2.18. The third-order valence-corrected chi connectivity index (χ3v) is 2.66. The molecule has 1 fully saturated rings. The van der Waals surface area contributed by atoms with E-state index in [1.807, 2.05) is 0 Å². The molecule has 98 valence electrons. The summed E-state index contributed by atoms with van der Waals surface area (Å²) < 4.78 is 31.8. The molecule has 1 atom stereocenters. The number of benzene rings is 1. The van der Waals surface area contributed by atoms with Gasteiger partial charge in [-0.2, -0.15) is 0 Å². The lowest BCUT2D eigenvalue weighted by atomic mass is 10.2. The van der Waals surface area contributed by atoms with E-state index in [0.29, 0.717) is 19.8 Å². The van der Waals surface area contributed by atoms with E-state index in [1.54, 1.807) is 0 Å². The molecule has 2 rings (SSSR count). The van der Waals surface area contributed by atoms with Crippen LogP contribution in [0.3, 0.4) is 0 Å². The van der Waals surface area contributed by atoms with E-state index in [9.17, 15) is 13.6 Å². The lowest BCUT2D eigenvalue weighted by Crippen LogP contribution is -2.43. The zero-order valence-electron chi connectivity index (χ0n) is 9.71. The number of ether oxygens (including phenoxy) is 1. The van der Waals surface area contributed by atoms with Crippen LogP contribution in [0.4, 0.5) is 14.5 Å². The molecule has 0 bridgehead atoms. The fourth-order valence-electron chi connectivity index (χ4n) is 1.78. The van der Waals surface area contributed by atoms with Crippen LogP contribution in [-0.2, 0) is 9.53 Å². The van der Waals surface area contributed by atoms with Crippen molar-refractivity contribution in [2.75, 3.05) is 25.1 Å². The standard InChI is InChI=1S/C12H14F2N2O2/c13-9-2-1-3-10(14)12(9)16-11(17)6-8-7-18-5-4-15-8/h1-3,8,15H,4-7H2,(H,16,17). The van der Waals surface area contributed by atoms with E-state index in [0.717, 1.165) is 12.1 Å². The first-order chi connectivity index (χ1) is 8.66. The van der Waals surface area contributed by atoms with Crippen LogP contribution in [0.1, 0.15) is 6.42 Å². The summed E-state index contributed by atoms with van der Waals surface area (Å²) in [6, 6.07) is 3.33. The highest BCUT2D eigenvalue weighted by atomic mass is 19.1. The lowest BCUT2D eigenvalue weighted by Gasteiger charge is -2.23. The van der Waals surface area contributed by atoms with E-state index >= 15 is 0 Å². The second-order valence-corrected chi connectivity index (χ2v) is 4.07. The predicted molar refractivity (Wildman–Crippen MR) is 62.2 cm³/mol. The number of hydrogen-bond donors (Lipinski definition) is 2. The minimum atomic E-state index is -0.781. The summed E-state index contributed by atoms with van der Waals surface area (Å²) >= 11 is 0. The van der Waals surface area contributed by atoms with Crippen molar-refractivity contribution in [3.05, 3.63) is 29.8 Å². The lowest BCUT2D eigenvalue weighted by molar-refractivity contribution is -0.117. The van der Waals surface area contributed by atoms with Crippen LogP contribution in [-0.4, -0.2) is 31.7 Å². The molecule has 0 spiro atoms. The fraction of sp³-hybridized carbons (Fsp3) is 0.417. The minimum Gasteiger partial charge on any atom is -0.378 e. The smallest absolute Gasteiger partial charge is 0.226 e. The van der Waals surface area contributed by atoms with Crippen LogP contribution in [0.5, 0.6) is 0 Å². The SMILES string of the molecule is O=C(CC1COCCN1)Nc1c(F)cccc1F. The molecular weight excluding hydrogens is 242 g/mol. The fourth-order valence-corrected chi connectivity index (χ4v) is 1.78. The van der Waals surface area contributed by atoms with Crippen molar-refractivity contribution in [3.8, 4) is 0 Å². The van der Waals surface area contributed by atoms with Gasteiger partial charge in [0, 0.05) is 19.0 Å². The number of carbonyl (C=O) groups excluding carboxylic acids is 1. The monoisotopic (exact) mass is 256 g/mol. The summed E-state index contributed by atoms with van der Waals surface area (Å²) in [4.78, 5) is 11.6. The van der Waals surface area contributed by atoms with E-state index < -0.39 is 23.2 Å². The summed E-state index contributed by atoms with van der Waals surface area (Å²) in [5.41, 5.74) is -0.403. The van der Waals surface area contributed by atoms with Gasteiger partial charge in [0.1, 0.15) is 17.3 Å². The van der Waals surface area contributed by atoms with Crippen LogP contribution >= 0.6 is 0 Å². The van der Waals surface area contributed by atoms with E-state index in [-0.39, 0.29) is 12.5 Å². The van der Waals surface area contributed by atoms with Gasteiger partial charge in [0.2, 0.25) is 5.91 Å². The Kier molecular flexibility index (Phi) is 4.22. The molecule has 1 aromatic carbocycles. The molecule has 0 aliphatic carbocycles. The molecule has 1 aromatic rings. The van der Waals surface area contributed by atoms with Crippen molar-refractivity contribution in [3.63, 3.8) is 0 Å². The van der Waals surface area contributed by atoms with Gasteiger partial charge in [-0.1, -0.05) is 6.07 Å². The Labute approximate surface area is 103 Å². The molecule has 1 saturated heterocycles. The Morgan fingerprint density at radius 2 is 2.17 bits per heavy atom. The van der Waals surface area contributed by atoms with Crippen LogP contribution in [0, 0.1) is 11.6 Å². The number of para-hydroxylation sites is 1. The normalized spacial score (nSPS) is 19.6. The molecule has 1 heterocycles. The highest BCUT2D eigenvalue weighted by Crippen LogP contribution is 2.18. The van der Waals surface area contributed by atoms with Gasteiger partial charge < -0.3 is 15.4 Å². The maximum absolute atomic E-state index is 13.3. The molecule has 1 amide bonds.